The summed E-state index contributed by atoms with van der Waals surface area (Å²) in [6, 6.07) is 12.0. The van der Waals surface area contributed by atoms with Gasteiger partial charge < -0.3 is 10.1 Å². The van der Waals surface area contributed by atoms with E-state index >= 15 is 0 Å². The molecule has 0 aliphatic heterocycles. The summed E-state index contributed by atoms with van der Waals surface area (Å²) in [6.07, 6.45) is 0.920. The summed E-state index contributed by atoms with van der Waals surface area (Å²) in [5.41, 5.74) is 0.512. The van der Waals surface area contributed by atoms with Crippen LogP contribution in [0, 0.1) is 0 Å². The molecule has 3 nitrogen and oxygen atoms in total. The van der Waals surface area contributed by atoms with E-state index in [0.717, 1.165) is 5.75 Å². The van der Waals surface area contributed by atoms with Crippen molar-refractivity contribution in [1.82, 2.24) is 0 Å². The van der Waals surface area contributed by atoms with Crippen molar-refractivity contribution in [2.24, 2.45) is 0 Å². The zero-order chi connectivity index (χ0) is 15.9. The molecular weight excluding hydrogens is 345 g/mol. The molecule has 6 heteroatoms. The van der Waals surface area contributed by atoms with Crippen LogP contribution in [0.3, 0.4) is 0 Å². The maximum absolute atomic E-state index is 11.8. The monoisotopic (exact) mass is 357 g/mol. The summed E-state index contributed by atoms with van der Waals surface area (Å²) < 4.78 is 5.52. The lowest BCUT2D eigenvalue weighted by molar-refractivity contribution is -0.116. The number of rotatable bonds is 6. The summed E-state index contributed by atoms with van der Waals surface area (Å²) in [5.74, 6) is 0.589. The largest absolute Gasteiger partial charge is 0.494 e. The molecule has 0 fully saturated rings. The first-order valence-corrected chi connectivity index (χ1v) is 7.81. The van der Waals surface area contributed by atoms with Gasteiger partial charge in [-0.1, -0.05) is 34.8 Å². The highest BCUT2D eigenvalue weighted by Crippen LogP contribution is 2.25. The molecular formula is C16H14Cl3NO2. The van der Waals surface area contributed by atoms with Crippen LogP contribution in [0.4, 0.5) is 5.69 Å². The number of nitrogens with one attached hydrogen (secondary N) is 1. The molecule has 116 valence electrons. The van der Waals surface area contributed by atoms with E-state index in [1.807, 2.05) is 0 Å². The van der Waals surface area contributed by atoms with Gasteiger partial charge in [-0.05, 0) is 48.9 Å². The highest BCUT2D eigenvalue weighted by Gasteiger charge is 2.06. The average molecular weight is 359 g/mol. The molecule has 0 aliphatic rings. The van der Waals surface area contributed by atoms with Crippen LogP contribution in [0.25, 0.3) is 0 Å². The summed E-state index contributed by atoms with van der Waals surface area (Å²) in [6.45, 7) is 0.443. The number of hydrogen-bond donors (Lipinski definition) is 1. The molecule has 0 saturated heterocycles. The fraction of sp³-hybridized carbons (Fsp3) is 0.188. The first-order valence-electron chi connectivity index (χ1n) is 6.68. The third kappa shape index (κ3) is 5.41. The van der Waals surface area contributed by atoms with Gasteiger partial charge in [-0.2, -0.15) is 0 Å². The number of amides is 1. The van der Waals surface area contributed by atoms with Crippen molar-refractivity contribution in [3.05, 3.63) is 57.5 Å². The molecule has 0 heterocycles. The van der Waals surface area contributed by atoms with Gasteiger partial charge in [-0.3, -0.25) is 4.79 Å². The molecule has 1 N–H and O–H groups in total. The van der Waals surface area contributed by atoms with E-state index in [1.165, 1.54) is 0 Å². The Bertz CT molecular complexity index is 644. The van der Waals surface area contributed by atoms with Crippen LogP contribution in [0.2, 0.25) is 15.1 Å². The highest BCUT2D eigenvalue weighted by molar-refractivity contribution is 6.35. The Hall–Kier alpha value is -1.42. The molecule has 2 aromatic carbocycles. The maximum Gasteiger partial charge on any atom is 0.224 e. The van der Waals surface area contributed by atoms with E-state index in [4.69, 9.17) is 39.5 Å². The third-order valence-corrected chi connectivity index (χ3v) is 3.65. The standard InChI is InChI=1S/C16H14Cl3NO2/c17-11-3-6-13(7-4-11)22-9-1-2-16(21)20-15-10-12(18)5-8-14(15)19/h3-8,10H,1-2,9H2,(H,20,21). The molecule has 0 unspecified atom stereocenters. The van der Waals surface area contributed by atoms with E-state index < -0.39 is 0 Å². The van der Waals surface area contributed by atoms with Gasteiger partial charge in [-0.15, -0.1) is 0 Å². The first kappa shape index (κ1) is 16.9. The number of hydrogen-bond acceptors (Lipinski definition) is 2. The molecule has 2 rings (SSSR count). The van der Waals surface area contributed by atoms with E-state index in [9.17, 15) is 4.79 Å². The SMILES string of the molecule is O=C(CCCOc1ccc(Cl)cc1)Nc1cc(Cl)ccc1Cl. The molecule has 22 heavy (non-hydrogen) atoms. The van der Waals surface area contributed by atoms with Crippen LogP contribution in [-0.2, 0) is 4.79 Å². The highest BCUT2D eigenvalue weighted by atomic mass is 35.5. The van der Waals surface area contributed by atoms with Gasteiger partial charge in [-0.25, -0.2) is 0 Å². The minimum Gasteiger partial charge on any atom is -0.494 e. The fourth-order valence-corrected chi connectivity index (χ4v) is 2.22. The summed E-state index contributed by atoms with van der Waals surface area (Å²) >= 11 is 17.6. The predicted octanol–water partition coefficient (Wildman–Crippen LogP) is 5.44. The molecule has 0 radical (unpaired) electrons. The smallest absolute Gasteiger partial charge is 0.224 e. The number of benzene rings is 2. The Morgan fingerprint density at radius 1 is 1.00 bits per heavy atom. The Kier molecular flexibility index (Phi) is 6.37. The van der Waals surface area contributed by atoms with Gasteiger partial charge in [0, 0.05) is 16.5 Å². The normalized spacial score (nSPS) is 10.3. The van der Waals surface area contributed by atoms with Gasteiger partial charge in [0.05, 0.1) is 17.3 Å². The Balaban J connectivity index is 1.74. The van der Waals surface area contributed by atoms with Crippen molar-refractivity contribution in [2.75, 3.05) is 11.9 Å². The molecule has 0 spiro atoms. The molecule has 2 aromatic rings. The van der Waals surface area contributed by atoms with Crippen molar-refractivity contribution in [3.63, 3.8) is 0 Å². The number of anilines is 1. The molecule has 0 bridgehead atoms. The van der Waals surface area contributed by atoms with E-state index in [2.05, 4.69) is 5.32 Å². The second kappa shape index (κ2) is 8.28. The van der Waals surface area contributed by atoms with Gasteiger partial charge in [0.15, 0.2) is 0 Å². The summed E-state index contributed by atoms with van der Waals surface area (Å²) in [5, 5.41) is 4.36. The van der Waals surface area contributed by atoms with Crippen LogP contribution in [0.1, 0.15) is 12.8 Å². The van der Waals surface area contributed by atoms with Crippen molar-refractivity contribution in [1.29, 1.82) is 0 Å². The van der Waals surface area contributed by atoms with Crippen molar-refractivity contribution < 1.29 is 9.53 Å². The number of carbonyl (C=O) groups is 1. The lowest BCUT2D eigenvalue weighted by Crippen LogP contribution is -2.13. The van der Waals surface area contributed by atoms with Crippen molar-refractivity contribution >= 4 is 46.4 Å². The Morgan fingerprint density at radius 3 is 2.41 bits per heavy atom. The van der Waals surface area contributed by atoms with Crippen LogP contribution >= 0.6 is 34.8 Å². The van der Waals surface area contributed by atoms with E-state index in [-0.39, 0.29) is 5.91 Å². The fourth-order valence-electron chi connectivity index (χ4n) is 1.76. The minimum atomic E-state index is -0.135. The van der Waals surface area contributed by atoms with Crippen LogP contribution in [0.5, 0.6) is 5.75 Å². The van der Waals surface area contributed by atoms with E-state index in [0.29, 0.717) is 40.2 Å². The Morgan fingerprint density at radius 2 is 1.68 bits per heavy atom. The second-order valence-electron chi connectivity index (χ2n) is 4.58. The van der Waals surface area contributed by atoms with Gasteiger partial charge in [0.25, 0.3) is 0 Å². The van der Waals surface area contributed by atoms with Gasteiger partial charge in [0.2, 0.25) is 5.91 Å². The molecule has 1 amide bonds. The number of ether oxygens (including phenoxy) is 1. The molecule has 0 aromatic heterocycles. The lowest BCUT2D eigenvalue weighted by Gasteiger charge is -2.08. The first-order chi connectivity index (χ1) is 10.5. The molecule has 0 saturated carbocycles. The molecule has 0 atom stereocenters. The topological polar surface area (TPSA) is 38.3 Å². The van der Waals surface area contributed by atoms with Crippen molar-refractivity contribution in [2.45, 2.75) is 12.8 Å². The third-order valence-electron chi connectivity index (χ3n) is 2.83. The zero-order valence-electron chi connectivity index (χ0n) is 11.6. The predicted molar refractivity (Wildman–Crippen MR) is 91.3 cm³/mol. The minimum absolute atomic E-state index is 0.135. The lowest BCUT2D eigenvalue weighted by atomic mass is 10.2. The quantitative estimate of drug-likeness (QED) is 0.698. The zero-order valence-corrected chi connectivity index (χ0v) is 13.9. The van der Waals surface area contributed by atoms with Crippen molar-refractivity contribution in [3.8, 4) is 5.75 Å². The van der Waals surface area contributed by atoms with Gasteiger partial charge >= 0.3 is 0 Å². The average Bonchev–Trinajstić information content (AvgIpc) is 2.49. The van der Waals surface area contributed by atoms with Crippen LogP contribution < -0.4 is 10.1 Å². The summed E-state index contributed by atoms with van der Waals surface area (Å²) in [7, 11) is 0. The maximum atomic E-state index is 11.8. The number of carbonyl (C=O) groups excluding carboxylic acids is 1. The Labute approximate surface area is 144 Å². The van der Waals surface area contributed by atoms with Gasteiger partial charge in [0.1, 0.15) is 5.75 Å². The van der Waals surface area contributed by atoms with E-state index in [1.54, 1.807) is 42.5 Å². The van der Waals surface area contributed by atoms with Crippen LogP contribution in [-0.4, -0.2) is 12.5 Å². The number of halogens is 3. The van der Waals surface area contributed by atoms with Crippen LogP contribution in [0.15, 0.2) is 42.5 Å². The summed E-state index contributed by atoms with van der Waals surface area (Å²) in [4.78, 5) is 11.8. The molecule has 0 aliphatic carbocycles. The second-order valence-corrected chi connectivity index (χ2v) is 5.86.